The lowest BCUT2D eigenvalue weighted by molar-refractivity contribution is -0.121. The van der Waals surface area contributed by atoms with Gasteiger partial charge < -0.3 is 10.4 Å². The fourth-order valence-electron chi connectivity index (χ4n) is 3.33. The number of hydrogen-bond acceptors (Lipinski definition) is 5. The molecule has 0 bridgehead atoms. The molecule has 0 radical (unpaired) electrons. The summed E-state index contributed by atoms with van der Waals surface area (Å²) >= 11 is 0. The maximum atomic E-state index is 13.7. The van der Waals surface area contributed by atoms with Crippen molar-refractivity contribution in [3.05, 3.63) is 40.2 Å². The zero-order chi connectivity index (χ0) is 18.0. The minimum Gasteiger partial charge on any atom is -0.391 e. The number of halogens is 1. The molecule has 134 valence electrons. The molecule has 6 nitrogen and oxygen atoms in total. The third-order valence-electron chi connectivity index (χ3n) is 4.69. The van der Waals surface area contributed by atoms with Crippen molar-refractivity contribution in [1.82, 2.24) is 14.9 Å². The van der Waals surface area contributed by atoms with Crippen molar-refractivity contribution >= 4 is 16.7 Å². The number of rotatable bonds is 5. The van der Waals surface area contributed by atoms with Crippen LogP contribution in [0.2, 0.25) is 0 Å². The van der Waals surface area contributed by atoms with Gasteiger partial charge in [0.2, 0.25) is 0 Å². The van der Waals surface area contributed by atoms with Crippen LogP contribution in [0, 0.1) is 5.82 Å². The van der Waals surface area contributed by atoms with E-state index in [1.54, 1.807) is 0 Å². The number of aliphatic hydroxyl groups excluding tert-OH is 1. The van der Waals surface area contributed by atoms with Gasteiger partial charge in [-0.3, -0.25) is 14.2 Å². The molecule has 2 heterocycles. The third kappa shape index (κ3) is 3.77. The number of piperidine rings is 1. The predicted molar refractivity (Wildman–Crippen MR) is 92.0 cm³/mol. The number of benzene rings is 1. The Balaban J connectivity index is 1.83. The number of aliphatic hydroxyl groups is 1. The molecule has 2 N–H and O–H groups in total. The first kappa shape index (κ1) is 17.7. The zero-order valence-electron chi connectivity index (χ0n) is 14.2. The van der Waals surface area contributed by atoms with E-state index in [2.05, 4.69) is 10.3 Å². The first-order chi connectivity index (χ1) is 12.0. The topological polar surface area (TPSA) is 84.2 Å². The van der Waals surface area contributed by atoms with Gasteiger partial charge in [-0.15, -0.1) is 0 Å². The van der Waals surface area contributed by atoms with Crippen LogP contribution in [0.4, 0.5) is 4.39 Å². The monoisotopic (exact) mass is 347 g/mol. The van der Waals surface area contributed by atoms with Gasteiger partial charge in [0.15, 0.2) is 5.78 Å². The van der Waals surface area contributed by atoms with Crippen LogP contribution < -0.4 is 10.9 Å². The Morgan fingerprint density at radius 2 is 2.28 bits per heavy atom. The standard InChI is InChI=1S/C18H22FN3O3/c1-2-11-6-12(19)7-14-17(11)21-10-22(18(14)25)9-13(23)8-15-16(24)4-3-5-20-15/h6-7,10,15-16,20,24H,2-5,8-9H2,1H3/t15-,16+/m1/s1. The van der Waals surface area contributed by atoms with Gasteiger partial charge in [-0.05, 0) is 43.5 Å². The highest BCUT2D eigenvalue weighted by atomic mass is 19.1. The van der Waals surface area contributed by atoms with Crippen LogP contribution in [0.1, 0.15) is 31.7 Å². The Morgan fingerprint density at radius 3 is 3.00 bits per heavy atom. The van der Waals surface area contributed by atoms with E-state index in [1.165, 1.54) is 17.0 Å². The van der Waals surface area contributed by atoms with Crippen molar-refractivity contribution in [1.29, 1.82) is 0 Å². The van der Waals surface area contributed by atoms with Crippen LogP contribution in [0.25, 0.3) is 10.9 Å². The summed E-state index contributed by atoms with van der Waals surface area (Å²) in [5.74, 6) is -0.657. The summed E-state index contributed by atoms with van der Waals surface area (Å²) in [7, 11) is 0. The van der Waals surface area contributed by atoms with Crippen LogP contribution in [-0.2, 0) is 17.8 Å². The minimum absolute atomic E-state index is 0.134. The van der Waals surface area contributed by atoms with Crippen LogP contribution in [0.15, 0.2) is 23.3 Å². The molecule has 25 heavy (non-hydrogen) atoms. The normalized spacial score (nSPS) is 20.8. The van der Waals surface area contributed by atoms with Crippen molar-refractivity contribution in [3.63, 3.8) is 0 Å². The van der Waals surface area contributed by atoms with Crippen molar-refractivity contribution < 1.29 is 14.3 Å². The molecule has 1 aliphatic heterocycles. The van der Waals surface area contributed by atoms with Crippen LogP contribution >= 0.6 is 0 Å². The second kappa shape index (κ2) is 7.41. The Morgan fingerprint density at radius 1 is 1.48 bits per heavy atom. The van der Waals surface area contributed by atoms with E-state index >= 15 is 0 Å². The maximum absolute atomic E-state index is 13.7. The second-order valence-electron chi connectivity index (χ2n) is 6.51. The number of carbonyl (C=O) groups excluding carboxylic acids is 1. The molecular formula is C18H22FN3O3. The summed E-state index contributed by atoms with van der Waals surface area (Å²) in [5, 5.41) is 13.2. The van der Waals surface area contributed by atoms with Crippen molar-refractivity contribution in [2.24, 2.45) is 0 Å². The molecular weight excluding hydrogens is 325 g/mol. The first-order valence-corrected chi connectivity index (χ1v) is 8.60. The molecule has 2 atom stereocenters. The van der Waals surface area contributed by atoms with Gasteiger partial charge in [-0.1, -0.05) is 6.92 Å². The van der Waals surface area contributed by atoms with Gasteiger partial charge in [0, 0.05) is 12.5 Å². The summed E-state index contributed by atoms with van der Waals surface area (Å²) in [6.07, 6.45) is 3.05. The molecule has 1 fully saturated rings. The van der Waals surface area contributed by atoms with Gasteiger partial charge >= 0.3 is 0 Å². The van der Waals surface area contributed by atoms with Gasteiger partial charge in [0.25, 0.3) is 5.56 Å². The van der Waals surface area contributed by atoms with E-state index in [0.29, 0.717) is 23.9 Å². The fourth-order valence-corrected chi connectivity index (χ4v) is 3.33. The summed E-state index contributed by atoms with van der Waals surface area (Å²) in [5.41, 5.74) is 0.715. The number of hydrogen-bond donors (Lipinski definition) is 2. The Hall–Kier alpha value is -2.12. The zero-order valence-corrected chi connectivity index (χ0v) is 14.2. The lowest BCUT2D eigenvalue weighted by Gasteiger charge is -2.28. The quantitative estimate of drug-likeness (QED) is 0.848. The van der Waals surface area contributed by atoms with E-state index in [-0.39, 0.29) is 30.2 Å². The van der Waals surface area contributed by atoms with Gasteiger partial charge in [0.1, 0.15) is 5.82 Å². The molecule has 7 heteroatoms. The lowest BCUT2D eigenvalue weighted by atomic mass is 9.97. The number of Topliss-reactive ketones (excluding diaryl/α,β-unsaturated/α-hetero) is 1. The van der Waals surface area contributed by atoms with Crippen LogP contribution in [0.3, 0.4) is 0 Å². The van der Waals surface area contributed by atoms with E-state index < -0.39 is 17.5 Å². The molecule has 1 aromatic heterocycles. The van der Waals surface area contributed by atoms with E-state index in [9.17, 15) is 19.1 Å². The maximum Gasteiger partial charge on any atom is 0.261 e. The highest BCUT2D eigenvalue weighted by Crippen LogP contribution is 2.16. The Bertz CT molecular complexity index is 849. The highest BCUT2D eigenvalue weighted by molar-refractivity contribution is 5.82. The predicted octanol–water partition coefficient (Wildman–Crippen LogP) is 1.17. The molecule has 0 saturated carbocycles. The summed E-state index contributed by atoms with van der Waals surface area (Å²) in [6, 6.07) is 2.26. The molecule has 1 aromatic carbocycles. The molecule has 0 amide bonds. The molecule has 2 aromatic rings. The van der Waals surface area contributed by atoms with Crippen molar-refractivity contribution in [2.75, 3.05) is 6.54 Å². The average Bonchev–Trinajstić information content (AvgIpc) is 2.59. The number of nitrogens with one attached hydrogen (secondary N) is 1. The summed E-state index contributed by atoms with van der Waals surface area (Å²) < 4.78 is 14.9. The number of ketones is 1. The van der Waals surface area contributed by atoms with Crippen molar-refractivity contribution in [2.45, 2.75) is 51.3 Å². The number of carbonyl (C=O) groups is 1. The Kier molecular flexibility index (Phi) is 5.24. The second-order valence-corrected chi connectivity index (χ2v) is 6.51. The molecule has 1 aliphatic rings. The molecule has 0 spiro atoms. The van der Waals surface area contributed by atoms with Crippen LogP contribution in [0.5, 0.6) is 0 Å². The fraction of sp³-hybridized carbons (Fsp3) is 0.500. The lowest BCUT2D eigenvalue weighted by Crippen LogP contribution is -2.46. The van der Waals surface area contributed by atoms with Gasteiger partial charge in [-0.25, -0.2) is 9.37 Å². The summed E-state index contributed by atoms with van der Waals surface area (Å²) in [4.78, 5) is 29.1. The van der Waals surface area contributed by atoms with Crippen molar-refractivity contribution in [3.8, 4) is 0 Å². The largest absolute Gasteiger partial charge is 0.391 e. The highest BCUT2D eigenvalue weighted by Gasteiger charge is 2.25. The number of nitrogens with zero attached hydrogens (tertiary/aromatic N) is 2. The molecule has 0 unspecified atom stereocenters. The van der Waals surface area contributed by atoms with E-state index in [0.717, 1.165) is 19.0 Å². The third-order valence-corrected chi connectivity index (χ3v) is 4.69. The molecule has 0 aliphatic carbocycles. The first-order valence-electron chi connectivity index (χ1n) is 8.60. The van der Waals surface area contributed by atoms with Crippen LogP contribution in [-0.4, -0.2) is 39.1 Å². The Labute approximate surface area is 144 Å². The number of aromatic nitrogens is 2. The van der Waals surface area contributed by atoms with Gasteiger partial charge in [-0.2, -0.15) is 0 Å². The van der Waals surface area contributed by atoms with E-state index in [4.69, 9.17) is 0 Å². The van der Waals surface area contributed by atoms with Gasteiger partial charge in [0.05, 0.1) is 29.9 Å². The summed E-state index contributed by atoms with van der Waals surface area (Å²) in [6.45, 7) is 2.50. The molecule has 1 saturated heterocycles. The SMILES string of the molecule is CCc1cc(F)cc2c(=O)n(CC(=O)C[C@H]3NCCC[C@@H]3O)cnc12. The smallest absolute Gasteiger partial charge is 0.261 e. The average molecular weight is 347 g/mol. The number of aryl methyl sites for hydroxylation is 1. The van der Waals surface area contributed by atoms with E-state index in [1.807, 2.05) is 6.92 Å². The minimum atomic E-state index is -0.551. The molecule has 3 rings (SSSR count). The number of fused-ring (bicyclic) bond motifs is 1.